The molecule has 0 radical (unpaired) electrons. The zero-order valence-corrected chi connectivity index (χ0v) is 21.3. The fraction of sp³-hybridized carbons (Fsp3) is 0.391. The Balaban J connectivity index is 2.39. The molecule has 0 fully saturated rings. The van der Waals surface area contributed by atoms with Gasteiger partial charge in [-0.3, -0.25) is 13.9 Å². The van der Waals surface area contributed by atoms with Crippen molar-refractivity contribution in [2.24, 2.45) is 0 Å². The van der Waals surface area contributed by atoms with E-state index < -0.39 is 28.5 Å². The maximum atomic E-state index is 13.5. The van der Waals surface area contributed by atoms with Crippen LogP contribution in [0.25, 0.3) is 0 Å². The molecule has 180 valence electrons. The van der Waals surface area contributed by atoms with E-state index in [-0.39, 0.29) is 28.2 Å². The van der Waals surface area contributed by atoms with Crippen LogP contribution in [0, 0.1) is 0 Å². The van der Waals surface area contributed by atoms with E-state index in [1.54, 1.807) is 6.92 Å². The molecular formula is C23H29Cl2N3O4S. The number of carbonyl (C=O) groups excluding carboxylic acids is 2. The monoisotopic (exact) mass is 513 g/mol. The van der Waals surface area contributed by atoms with Crippen LogP contribution >= 0.6 is 23.2 Å². The molecular weight excluding hydrogens is 485 g/mol. The maximum absolute atomic E-state index is 13.5. The molecule has 7 nitrogen and oxygen atoms in total. The Hall–Kier alpha value is -2.29. The van der Waals surface area contributed by atoms with Gasteiger partial charge in [-0.15, -0.1) is 0 Å². The Bertz CT molecular complexity index is 1060. The minimum absolute atomic E-state index is 0.106. The molecule has 10 heteroatoms. The molecule has 1 N–H and O–H groups in total. The number of amides is 2. The third-order valence-electron chi connectivity index (χ3n) is 5.08. The van der Waals surface area contributed by atoms with Crippen molar-refractivity contribution in [1.29, 1.82) is 0 Å². The summed E-state index contributed by atoms with van der Waals surface area (Å²) in [6.07, 6.45) is 1.88. The third-order valence-corrected chi connectivity index (χ3v) is 6.76. The van der Waals surface area contributed by atoms with E-state index in [2.05, 4.69) is 5.32 Å². The van der Waals surface area contributed by atoms with Crippen molar-refractivity contribution < 1.29 is 18.0 Å². The summed E-state index contributed by atoms with van der Waals surface area (Å²) in [5, 5.41) is 3.18. The van der Waals surface area contributed by atoms with Crippen LogP contribution in [0.15, 0.2) is 48.5 Å². The van der Waals surface area contributed by atoms with Gasteiger partial charge in [-0.1, -0.05) is 60.5 Å². The lowest BCUT2D eigenvalue weighted by Gasteiger charge is -2.33. The zero-order valence-electron chi connectivity index (χ0n) is 18.9. The van der Waals surface area contributed by atoms with Gasteiger partial charge in [0.2, 0.25) is 21.8 Å². The fourth-order valence-corrected chi connectivity index (χ4v) is 4.75. The van der Waals surface area contributed by atoms with Crippen molar-refractivity contribution >= 4 is 50.7 Å². The first-order valence-electron chi connectivity index (χ1n) is 10.6. The van der Waals surface area contributed by atoms with E-state index in [0.29, 0.717) is 19.4 Å². The molecule has 33 heavy (non-hydrogen) atoms. The van der Waals surface area contributed by atoms with Crippen LogP contribution in [-0.2, 0) is 26.0 Å². The van der Waals surface area contributed by atoms with Crippen LogP contribution in [0.3, 0.4) is 0 Å². The van der Waals surface area contributed by atoms with E-state index in [0.717, 1.165) is 16.1 Å². The highest BCUT2D eigenvalue weighted by Crippen LogP contribution is 2.30. The van der Waals surface area contributed by atoms with Gasteiger partial charge in [0.1, 0.15) is 12.6 Å². The topological polar surface area (TPSA) is 86.8 Å². The lowest BCUT2D eigenvalue weighted by Crippen LogP contribution is -2.53. The van der Waals surface area contributed by atoms with Gasteiger partial charge in [-0.2, -0.15) is 0 Å². The minimum Gasteiger partial charge on any atom is -0.355 e. The van der Waals surface area contributed by atoms with E-state index in [1.165, 1.54) is 23.1 Å². The van der Waals surface area contributed by atoms with Crippen LogP contribution < -0.4 is 9.62 Å². The van der Waals surface area contributed by atoms with Crippen LogP contribution in [0.5, 0.6) is 0 Å². The number of benzene rings is 2. The normalized spacial score (nSPS) is 12.2. The summed E-state index contributed by atoms with van der Waals surface area (Å²) in [5.74, 6) is -0.793. The van der Waals surface area contributed by atoms with Gasteiger partial charge in [-0.05, 0) is 43.5 Å². The number of nitrogens with zero attached hydrogens (tertiary/aromatic N) is 2. The lowest BCUT2D eigenvalue weighted by atomic mass is 10.1. The number of anilines is 1. The van der Waals surface area contributed by atoms with E-state index >= 15 is 0 Å². The highest BCUT2D eigenvalue weighted by Gasteiger charge is 2.31. The number of hydrogen-bond donors (Lipinski definition) is 1. The fourth-order valence-electron chi connectivity index (χ4n) is 3.46. The number of nitrogens with one attached hydrogen (secondary N) is 1. The Morgan fingerprint density at radius 2 is 1.73 bits per heavy atom. The Labute approximate surface area is 205 Å². The van der Waals surface area contributed by atoms with E-state index in [4.69, 9.17) is 23.2 Å². The first-order valence-corrected chi connectivity index (χ1v) is 13.2. The predicted molar refractivity (Wildman–Crippen MR) is 133 cm³/mol. The second kappa shape index (κ2) is 12.3. The Kier molecular flexibility index (Phi) is 10.0. The van der Waals surface area contributed by atoms with Crippen molar-refractivity contribution in [3.8, 4) is 0 Å². The van der Waals surface area contributed by atoms with Gasteiger partial charge >= 0.3 is 0 Å². The summed E-state index contributed by atoms with van der Waals surface area (Å²) in [7, 11) is -3.87. The Morgan fingerprint density at radius 1 is 1.06 bits per heavy atom. The predicted octanol–water partition coefficient (Wildman–Crippen LogP) is 3.75. The molecule has 2 rings (SSSR count). The quantitative estimate of drug-likeness (QED) is 0.495. The van der Waals surface area contributed by atoms with Crippen LogP contribution in [0.4, 0.5) is 5.69 Å². The summed E-state index contributed by atoms with van der Waals surface area (Å²) < 4.78 is 26.1. The maximum Gasteiger partial charge on any atom is 0.244 e. The SMILES string of the molecule is CCNC(=O)[C@@H](CC)N(CCc1ccccc1)C(=O)CN(c1cc(Cl)ccc1Cl)S(C)(=O)=O. The van der Waals surface area contributed by atoms with Crippen molar-refractivity contribution in [1.82, 2.24) is 10.2 Å². The molecule has 0 heterocycles. The van der Waals surface area contributed by atoms with Crippen molar-refractivity contribution in [2.45, 2.75) is 32.7 Å². The molecule has 0 aliphatic carbocycles. The third kappa shape index (κ3) is 7.62. The van der Waals surface area contributed by atoms with Gasteiger partial charge in [0, 0.05) is 18.1 Å². The molecule has 0 unspecified atom stereocenters. The van der Waals surface area contributed by atoms with Crippen molar-refractivity contribution in [2.75, 3.05) is 30.2 Å². The van der Waals surface area contributed by atoms with E-state index in [9.17, 15) is 18.0 Å². The van der Waals surface area contributed by atoms with Crippen molar-refractivity contribution in [3.05, 3.63) is 64.1 Å². The number of likely N-dealkylation sites (N-methyl/N-ethyl adjacent to an activating group) is 1. The smallest absolute Gasteiger partial charge is 0.244 e. The van der Waals surface area contributed by atoms with Crippen molar-refractivity contribution in [3.63, 3.8) is 0 Å². The summed E-state index contributed by atoms with van der Waals surface area (Å²) in [5.41, 5.74) is 1.10. The first kappa shape index (κ1) is 27.0. The molecule has 1 atom stereocenters. The lowest BCUT2D eigenvalue weighted by molar-refractivity contribution is -0.139. The van der Waals surface area contributed by atoms with Crippen LogP contribution in [0.1, 0.15) is 25.8 Å². The van der Waals surface area contributed by atoms with E-state index in [1.807, 2.05) is 37.3 Å². The number of halogens is 2. The van der Waals surface area contributed by atoms with Gasteiger partial charge in [0.05, 0.1) is 17.0 Å². The molecule has 0 bridgehead atoms. The number of rotatable bonds is 11. The van der Waals surface area contributed by atoms with Gasteiger partial charge in [0.15, 0.2) is 0 Å². The first-order chi connectivity index (χ1) is 15.6. The second-order valence-corrected chi connectivity index (χ2v) is 10.3. The highest BCUT2D eigenvalue weighted by molar-refractivity contribution is 7.92. The largest absolute Gasteiger partial charge is 0.355 e. The number of sulfonamides is 1. The summed E-state index contributed by atoms with van der Waals surface area (Å²) in [4.78, 5) is 27.6. The average molecular weight is 514 g/mol. The summed E-state index contributed by atoms with van der Waals surface area (Å²) >= 11 is 12.3. The number of carbonyl (C=O) groups is 2. The molecule has 0 spiro atoms. The molecule has 2 aromatic carbocycles. The standard InChI is InChI=1S/C23H29Cl2N3O4S/c1-4-20(23(30)26-5-2)27(14-13-17-9-7-6-8-10-17)22(29)16-28(33(3,31)32)21-15-18(24)11-12-19(21)25/h6-12,15,20H,4-5,13-14,16H2,1-3H3,(H,26,30)/t20-/m1/s1. The molecule has 0 aromatic heterocycles. The summed E-state index contributed by atoms with van der Waals surface area (Å²) in [6, 6.07) is 13.2. The summed E-state index contributed by atoms with van der Waals surface area (Å²) in [6.45, 7) is 3.77. The molecule has 0 saturated heterocycles. The zero-order chi connectivity index (χ0) is 24.6. The Morgan fingerprint density at radius 3 is 2.30 bits per heavy atom. The minimum atomic E-state index is -3.87. The van der Waals surface area contributed by atoms with Gasteiger partial charge < -0.3 is 10.2 Å². The molecule has 0 aliphatic heterocycles. The molecule has 2 amide bonds. The highest BCUT2D eigenvalue weighted by atomic mass is 35.5. The second-order valence-electron chi connectivity index (χ2n) is 7.51. The van der Waals surface area contributed by atoms with Gasteiger partial charge in [0.25, 0.3) is 0 Å². The molecule has 0 aliphatic rings. The number of hydrogen-bond acceptors (Lipinski definition) is 4. The van der Waals surface area contributed by atoms with Crippen LogP contribution in [-0.4, -0.2) is 57.1 Å². The molecule has 0 saturated carbocycles. The molecule has 2 aromatic rings. The average Bonchev–Trinajstić information content (AvgIpc) is 2.76. The van der Waals surface area contributed by atoms with Crippen LogP contribution in [0.2, 0.25) is 10.0 Å². The van der Waals surface area contributed by atoms with Gasteiger partial charge in [-0.25, -0.2) is 8.42 Å².